The second-order valence-electron chi connectivity index (χ2n) is 14.4. The lowest BCUT2D eigenvalue weighted by Gasteiger charge is -2.24. The normalized spacial score (nSPS) is 17.2. The topological polar surface area (TPSA) is 144 Å². The summed E-state index contributed by atoms with van der Waals surface area (Å²) in [6.07, 6.45) is -4.08. The number of hydrogen-bond acceptors (Lipinski definition) is 7. The zero-order valence-electron chi connectivity index (χ0n) is 31.6. The number of carbonyl (C=O) groups is 1. The van der Waals surface area contributed by atoms with Crippen LogP contribution in [0.1, 0.15) is 72.6 Å². The summed E-state index contributed by atoms with van der Waals surface area (Å²) in [6, 6.07) is 9.12. The van der Waals surface area contributed by atoms with Gasteiger partial charge in [-0.15, -0.1) is 0 Å². The third-order valence-corrected chi connectivity index (χ3v) is 10.8. The van der Waals surface area contributed by atoms with Crippen LogP contribution >= 0.6 is 0 Å². The van der Waals surface area contributed by atoms with Gasteiger partial charge in [-0.25, -0.2) is 22.2 Å². The molecule has 11 nitrogen and oxygen atoms in total. The summed E-state index contributed by atoms with van der Waals surface area (Å²) in [5, 5.41) is 21.6. The van der Waals surface area contributed by atoms with Crippen molar-refractivity contribution in [2.75, 3.05) is 11.0 Å². The van der Waals surface area contributed by atoms with Crippen LogP contribution in [0.5, 0.6) is 0 Å². The van der Waals surface area contributed by atoms with Crippen LogP contribution in [0, 0.1) is 41.2 Å². The molecule has 0 bridgehead atoms. The number of fused-ring (bicyclic) bond motifs is 4. The molecule has 0 spiro atoms. The van der Waals surface area contributed by atoms with Gasteiger partial charge in [0.15, 0.2) is 11.5 Å². The van der Waals surface area contributed by atoms with Crippen LogP contribution < -0.4 is 10.0 Å². The van der Waals surface area contributed by atoms with Gasteiger partial charge >= 0.3 is 12.1 Å². The summed E-state index contributed by atoms with van der Waals surface area (Å²) in [4.78, 5) is 18.7. The predicted molar refractivity (Wildman–Crippen MR) is 201 cm³/mol. The molecule has 0 aliphatic heterocycles. The van der Waals surface area contributed by atoms with Gasteiger partial charge < -0.3 is 10.4 Å². The van der Waals surface area contributed by atoms with Crippen LogP contribution in [0.25, 0.3) is 22.0 Å². The molecule has 2 aromatic carbocycles. The Bertz CT molecular complexity index is 2750. The van der Waals surface area contributed by atoms with Crippen LogP contribution in [-0.2, 0) is 46.9 Å². The number of halogens is 7. The molecular weight excluding hydrogens is 808 g/mol. The molecule has 0 saturated heterocycles. The number of aliphatic hydroxyl groups is 1. The molecule has 2 aliphatic rings. The van der Waals surface area contributed by atoms with Gasteiger partial charge in [0, 0.05) is 35.2 Å². The van der Waals surface area contributed by atoms with Crippen LogP contribution in [-0.4, -0.2) is 55.8 Å². The van der Waals surface area contributed by atoms with Gasteiger partial charge in [0.05, 0.1) is 29.4 Å². The average Bonchev–Trinajstić information content (AvgIpc) is 3.70. The SMILES string of the molecule is CCC(O)(C#Cc1ccc(-c2cccc3c(NS(C)(=O)=O)nn(C)c23)c([C@H](Cc2cc(F)cc(F)c2)NC(=O)Cn2nc(C(F)(F)F)c3c2C(F)(F)[C@@H]2C#C[C@H]32)n1)CC. The number of anilines is 1. The largest absolute Gasteiger partial charge is 0.435 e. The minimum absolute atomic E-state index is 0.00125. The summed E-state index contributed by atoms with van der Waals surface area (Å²) in [7, 11) is -2.25. The van der Waals surface area contributed by atoms with Gasteiger partial charge in [-0.2, -0.15) is 32.1 Å². The summed E-state index contributed by atoms with van der Waals surface area (Å²) >= 11 is 0. The molecule has 7 rings (SSSR count). The fourth-order valence-corrected chi connectivity index (χ4v) is 7.89. The molecule has 59 heavy (non-hydrogen) atoms. The Balaban J connectivity index is 1.39. The fourth-order valence-electron chi connectivity index (χ4n) is 7.39. The first-order chi connectivity index (χ1) is 27.6. The Kier molecular flexibility index (Phi) is 10.3. The van der Waals surface area contributed by atoms with Crippen molar-refractivity contribution in [2.45, 2.75) is 69.3 Å². The molecule has 1 amide bonds. The van der Waals surface area contributed by atoms with E-state index >= 15 is 8.78 Å². The third kappa shape index (κ3) is 7.84. The maximum Gasteiger partial charge on any atom is 0.435 e. The molecule has 2 aliphatic carbocycles. The molecule has 3 atom stereocenters. The zero-order chi connectivity index (χ0) is 42.8. The van der Waals surface area contributed by atoms with E-state index in [0.29, 0.717) is 27.2 Å². The highest BCUT2D eigenvalue weighted by Crippen LogP contribution is 2.58. The van der Waals surface area contributed by atoms with Gasteiger partial charge in [0.25, 0.3) is 0 Å². The molecule has 0 fully saturated rings. The molecule has 0 radical (unpaired) electrons. The van der Waals surface area contributed by atoms with Gasteiger partial charge in [0.2, 0.25) is 15.9 Å². The molecule has 5 aromatic rings. The third-order valence-electron chi connectivity index (χ3n) is 10.3. The minimum atomic E-state index is -5.15. The van der Waals surface area contributed by atoms with E-state index < -0.39 is 93.1 Å². The highest BCUT2D eigenvalue weighted by Gasteiger charge is 2.62. The molecule has 3 N–H and O–H groups in total. The van der Waals surface area contributed by atoms with E-state index in [4.69, 9.17) is 4.98 Å². The van der Waals surface area contributed by atoms with E-state index in [1.54, 1.807) is 45.2 Å². The highest BCUT2D eigenvalue weighted by molar-refractivity contribution is 7.92. The number of carbonyl (C=O) groups excluding carboxylic acids is 1. The summed E-state index contributed by atoms with van der Waals surface area (Å²) in [6.45, 7) is 2.32. The summed E-state index contributed by atoms with van der Waals surface area (Å²) in [5.74, 6) is 0.111. The number of alkyl halides is 5. The van der Waals surface area contributed by atoms with Crippen molar-refractivity contribution in [3.63, 3.8) is 0 Å². The van der Waals surface area contributed by atoms with E-state index in [2.05, 4.69) is 43.9 Å². The monoisotopic (exact) mass is 841 g/mol. The molecule has 19 heteroatoms. The van der Waals surface area contributed by atoms with Crippen molar-refractivity contribution < 1.29 is 49.1 Å². The number of benzene rings is 2. The number of sulfonamides is 1. The first kappa shape index (κ1) is 41.2. The first-order valence-corrected chi connectivity index (χ1v) is 20.0. The van der Waals surface area contributed by atoms with Crippen LogP contribution in [0.2, 0.25) is 0 Å². The van der Waals surface area contributed by atoms with Gasteiger partial charge in [-0.05, 0) is 61.1 Å². The number of rotatable bonds is 11. The van der Waals surface area contributed by atoms with E-state index in [9.17, 15) is 40.3 Å². The smallest absolute Gasteiger partial charge is 0.378 e. The number of para-hydroxylation sites is 1. The molecule has 0 unspecified atom stereocenters. The number of nitrogens with one attached hydrogen (secondary N) is 2. The first-order valence-electron chi connectivity index (χ1n) is 18.1. The maximum absolute atomic E-state index is 15.6. The Hall–Kier alpha value is -5.92. The lowest BCUT2D eigenvalue weighted by atomic mass is 9.84. The number of nitrogens with zero attached hydrogens (tertiary/aromatic N) is 5. The molecule has 3 aromatic heterocycles. The van der Waals surface area contributed by atoms with E-state index in [-0.39, 0.29) is 41.2 Å². The van der Waals surface area contributed by atoms with Gasteiger partial charge in [-0.3, -0.25) is 18.9 Å². The Labute approximate surface area is 333 Å². The van der Waals surface area contributed by atoms with E-state index in [0.717, 1.165) is 18.4 Å². The second kappa shape index (κ2) is 14.7. The number of amides is 1. The van der Waals surface area contributed by atoms with Crippen molar-refractivity contribution in [2.24, 2.45) is 13.0 Å². The Morgan fingerprint density at radius 2 is 1.73 bits per heavy atom. The number of aromatic nitrogens is 5. The zero-order valence-corrected chi connectivity index (χ0v) is 32.5. The Morgan fingerprint density at radius 3 is 2.34 bits per heavy atom. The van der Waals surface area contributed by atoms with Crippen molar-refractivity contribution in [3.05, 3.63) is 94.1 Å². The molecule has 3 heterocycles. The number of aryl methyl sites for hydroxylation is 1. The quantitative estimate of drug-likeness (QED) is 0.104. The molecule has 308 valence electrons. The van der Waals surface area contributed by atoms with E-state index in [1.165, 1.54) is 10.7 Å². The molecule has 0 saturated carbocycles. The van der Waals surface area contributed by atoms with Crippen LogP contribution in [0.4, 0.5) is 36.6 Å². The van der Waals surface area contributed by atoms with Crippen LogP contribution in [0.15, 0.2) is 48.5 Å². The fraction of sp³-hybridized carbons (Fsp3) is 0.350. The maximum atomic E-state index is 15.6. The number of pyridine rings is 1. The Morgan fingerprint density at radius 1 is 1.03 bits per heavy atom. The van der Waals surface area contributed by atoms with Gasteiger partial charge in [0.1, 0.15) is 41.1 Å². The molecular formula is C40H34F7N7O4S. The minimum Gasteiger partial charge on any atom is -0.378 e. The highest BCUT2D eigenvalue weighted by atomic mass is 32.2. The second-order valence-corrected chi connectivity index (χ2v) is 16.1. The van der Waals surface area contributed by atoms with Crippen molar-refractivity contribution >= 4 is 32.7 Å². The summed E-state index contributed by atoms with van der Waals surface area (Å²) < 4.78 is 131. The lowest BCUT2D eigenvalue weighted by molar-refractivity contribution is -0.142. The van der Waals surface area contributed by atoms with Crippen molar-refractivity contribution in [1.82, 2.24) is 29.9 Å². The van der Waals surface area contributed by atoms with Crippen molar-refractivity contribution in [3.8, 4) is 34.8 Å². The average molecular weight is 842 g/mol. The van der Waals surface area contributed by atoms with Gasteiger partial charge in [-0.1, -0.05) is 43.7 Å². The van der Waals surface area contributed by atoms with E-state index in [1.807, 2.05) is 0 Å². The number of hydrogen-bond donors (Lipinski definition) is 3. The lowest BCUT2D eigenvalue weighted by Crippen LogP contribution is -2.36. The predicted octanol–water partition coefficient (Wildman–Crippen LogP) is 6.33. The summed E-state index contributed by atoms with van der Waals surface area (Å²) in [5.41, 5.74) is -3.81. The standard InChI is InChI=1S/C40H34F7N7O4S/c1-5-38(56,6-2)15-14-24-10-11-25(26-8-7-9-28-34(26)53(3)51-37(28)52-59(4,57)58)33(48-24)30(18-21-16-22(41)19-23(42)17-21)49-31(55)20-54-36-32(35(50-54)40(45,46)47)27-12-13-29(27)39(36,43)44/h7-11,16-17,19,27,29-30,56H,5-6,18,20H2,1-4H3,(H,49,55)(H,51,52)/t27-,29+,30-/m0/s1. The van der Waals surface area contributed by atoms with Crippen molar-refractivity contribution in [1.29, 1.82) is 0 Å². The van der Waals surface area contributed by atoms with Crippen LogP contribution in [0.3, 0.4) is 0 Å².